The van der Waals surface area contributed by atoms with Crippen molar-refractivity contribution in [2.75, 3.05) is 31.2 Å². The lowest BCUT2D eigenvalue weighted by molar-refractivity contribution is 0.362. The van der Waals surface area contributed by atoms with Crippen LogP contribution in [0, 0.1) is 0 Å². The molecule has 2 aliphatic rings. The first-order chi connectivity index (χ1) is 11.6. The van der Waals surface area contributed by atoms with Crippen molar-refractivity contribution in [2.24, 2.45) is 0 Å². The molecule has 24 heavy (non-hydrogen) atoms. The van der Waals surface area contributed by atoms with Crippen molar-refractivity contribution in [1.82, 2.24) is 14.6 Å². The fraction of sp³-hybridized carbons (Fsp3) is 0.647. The summed E-state index contributed by atoms with van der Waals surface area (Å²) in [7, 11) is 0. The second-order valence-electron chi connectivity index (χ2n) is 6.88. The summed E-state index contributed by atoms with van der Waals surface area (Å²) < 4.78 is 1.27. The summed E-state index contributed by atoms with van der Waals surface area (Å²) in [6.45, 7) is 5.63. The van der Waals surface area contributed by atoms with Gasteiger partial charge in [0.05, 0.1) is 5.39 Å². The molecular formula is C17H24N4OS2. The Hall–Kier alpha value is -1.05. The minimum atomic E-state index is -0.0741. The van der Waals surface area contributed by atoms with E-state index in [0.717, 1.165) is 35.4 Å². The molecule has 0 aromatic carbocycles. The minimum Gasteiger partial charge on any atom is -0.334 e. The Bertz CT molecular complexity index is 807. The fourth-order valence-electron chi connectivity index (χ4n) is 3.90. The number of nitrogens with two attached hydrogens (primary N) is 1. The lowest BCUT2D eigenvalue weighted by Gasteiger charge is -2.18. The van der Waals surface area contributed by atoms with Gasteiger partial charge >= 0.3 is 0 Å². The Kier molecular flexibility index (Phi) is 4.58. The van der Waals surface area contributed by atoms with E-state index >= 15 is 0 Å². The molecule has 130 valence electrons. The van der Waals surface area contributed by atoms with Gasteiger partial charge in [-0.15, -0.1) is 11.3 Å². The lowest BCUT2D eigenvalue weighted by atomic mass is 9.88. The van der Waals surface area contributed by atoms with Gasteiger partial charge in [0.1, 0.15) is 4.83 Å². The summed E-state index contributed by atoms with van der Waals surface area (Å²) in [5.74, 6) is 7.46. The molecule has 1 saturated heterocycles. The lowest BCUT2D eigenvalue weighted by Crippen LogP contribution is -2.30. The molecule has 1 aliphatic heterocycles. The molecule has 5 nitrogen and oxygen atoms in total. The van der Waals surface area contributed by atoms with E-state index in [-0.39, 0.29) is 5.56 Å². The first-order valence-corrected chi connectivity index (χ1v) is 10.6. The van der Waals surface area contributed by atoms with Crippen LogP contribution >= 0.6 is 23.1 Å². The monoisotopic (exact) mass is 364 g/mol. The number of nitrogens with zero attached hydrogens (tertiary/aromatic N) is 3. The molecule has 0 radical (unpaired) electrons. The van der Waals surface area contributed by atoms with Crippen molar-refractivity contribution in [3.05, 3.63) is 20.8 Å². The van der Waals surface area contributed by atoms with Crippen molar-refractivity contribution in [1.29, 1.82) is 0 Å². The van der Waals surface area contributed by atoms with E-state index in [4.69, 9.17) is 10.8 Å². The Morgan fingerprint density at radius 3 is 2.92 bits per heavy atom. The summed E-state index contributed by atoms with van der Waals surface area (Å²) in [5, 5.41) is 1.42. The number of nitrogen functional groups attached to an aromatic ring is 1. The van der Waals surface area contributed by atoms with Crippen LogP contribution in [0.3, 0.4) is 0 Å². The highest BCUT2D eigenvalue weighted by molar-refractivity contribution is 7.99. The molecule has 7 heteroatoms. The first-order valence-electron chi connectivity index (χ1n) is 8.83. The van der Waals surface area contributed by atoms with Gasteiger partial charge in [-0.25, -0.2) is 9.66 Å². The molecule has 2 aromatic rings. The minimum absolute atomic E-state index is 0.0741. The largest absolute Gasteiger partial charge is 0.334 e. The number of thioether (sulfide) groups is 1. The average Bonchev–Trinajstić information content (AvgIpc) is 3.20. The van der Waals surface area contributed by atoms with Crippen molar-refractivity contribution in [3.63, 3.8) is 0 Å². The number of fused-ring (bicyclic) bond motifs is 3. The second-order valence-corrected chi connectivity index (χ2v) is 9.02. The third-order valence-corrected chi connectivity index (χ3v) is 7.30. The van der Waals surface area contributed by atoms with E-state index < -0.39 is 0 Å². The smallest absolute Gasteiger partial charge is 0.281 e. The summed E-state index contributed by atoms with van der Waals surface area (Å²) >= 11 is 3.30. The van der Waals surface area contributed by atoms with Gasteiger partial charge in [-0.3, -0.25) is 4.79 Å². The van der Waals surface area contributed by atoms with Gasteiger partial charge in [-0.2, -0.15) is 0 Å². The van der Waals surface area contributed by atoms with Gasteiger partial charge in [-0.1, -0.05) is 18.7 Å². The number of likely N-dealkylation sites (tertiary alicyclic amines) is 1. The highest BCUT2D eigenvalue weighted by atomic mass is 32.2. The Balaban J connectivity index is 1.63. The summed E-state index contributed by atoms with van der Waals surface area (Å²) in [6.07, 6.45) is 6.03. The molecule has 0 spiro atoms. The molecule has 1 atom stereocenters. The molecule has 2 aromatic heterocycles. The van der Waals surface area contributed by atoms with E-state index in [1.165, 1.54) is 47.5 Å². The molecule has 4 rings (SSSR count). The van der Waals surface area contributed by atoms with E-state index in [1.54, 1.807) is 23.1 Å². The molecule has 0 saturated carbocycles. The third-order valence-electron chi connectivity index (χ3n) is 5.21. The van der Waals surface area contributed by atoms with Gasteiger partial charge in [0.15, 0.2) is 5.16 Å². The van der Waals surface area contributed by atoms with Crippen LogP contribution in [-0.4, -0.2) is 39.9 Å². The SMILES string of the molecule is C[C@@H]1CCCc2sc3nc(SCCN4CCCC4)n(N)c(=O)c3c21. The fourth-order valence-corrected chi connectivity index (χ4v) is 6.20. The van der Waals surface area contributed by atoms with Crippen molar-refractivity contribution in [3.8, 4) is 0 Å². The van der Waals surface area contributed by atoms with Crippen LogP contribution in [0.4, 0.5) is 0 Å². The van der Waals surface area contributed by atoms with Crippen LogP contribution < -0.4 is 11.4 Å². The zero-order valence-electron chi connectivity index (χ0n) is 14.1. The molecule has 3 heterocycles. The van der Waals surface area contributed by atoms with Gasteiger partial charge in [0, 0.05) is 17.2 Å². The van der Waals surface area contributed by atoms with Crippen molar-refractivity contribution >= 4 is 33.3 Å². The molecule has 1 aliphatic carbocycles. The number of hydrogen-bond donors (Lipinski definition) is 1. The van der Waals surface area contributed by atoms with Crippen LogP contribution in [0.1, 0.15) is 49.0 Å². The maximum atomic E-state index is 12.8. The van der Waals surface area contributed by atoms with Gasteiger partial charge < -0.3 is 10.7 Å². The van der Waals surface area contributed by atoms with E-state index in [2.05, 4.69) is 11.8 Å². The average molecular weight is 365 g/mol. The van der Waals surface area contributed by atoms with Crippen LogP contribution in [-0.2, 0) is 6.42 Å². The van der Waals surface area contributed by atoms with Crippen LogP contribution in [0.15, 0.2) is 9.95 Å². The second kappa shape index (κ2) is 6.69. The third kappa shape index (κ3) is 2.86. The van der Waals surface area contributed by atoms with Crippen LogP contribution in [0.5, 0.6) is 0 Å². The first kappa shape index (κ1) is 16.4. The summed E-state index contributed by atoms with van der Waals surface area (Å²) in [4.78, 5) is 22.3. The predicted octanol–water partition coefficient (Wildman–Crippen LogP) is 2.80. The zero-order chi connectivity index (χ0) is 16.7. The quantitative estimate of drug-likeness (QED) is 0.513. The van der Waals surface area contributed by atoms with Crippen molar-refractivity contribution < 1.29 is 0 Å². The number of hydrogen-bond acceptors (Lipinski definition) is 6. The summed E-state index contributed by atoms with van der Waals surface area (Å²) in [5.41, 5.74) is 1.14. The molecule has 1 fully saturated rings. The van der Waals surface area contributed by atoms with Crippen LogP contribution in [0.25, 0.3) is 10.2 Å². The van der Waals surface area contributed by atoms with E-state index in [0.29, 0.717) is 11.1 Å². The standard InChI is InChI=1S/C17H24N4OS2/c1-11-5-4-6-12-13(11)14-15(24-12)19-17(21(18)16(14)22)23-10-9-20-7-2-3-8-20/h11H,2-10,18H2,1H3/t11-/m1/s1. The molecular weight excluding hydrogens is 340 g/mol. The molecule has 2 N–H and O–H groups in total. The van der Waals surface area contributed by atoms with Gasteiger partial charge in [-0.05, 0) is 56.7 Å². The maximum Gasteiger partial charge on any atom is 0.281 e. The Labute approximate surface area is 150 Å². The molecule has 0 unspecified atom stereocenters. The highest BCUT2D eigenvalue weighted by Gasteiger charge is 2.26. The van der Waals surface area contributed by atoms with Crippen LogP contribution in [0.2, 0.25) is 0 Å². The van der Waals surface area contributed by atoms with E-state index in [1.807, 2.05) is 0 Å². The molecule has 0 bridgehead atoms. The molecule has 0 amide bonds. The topological polar surface area (TPSA) is 64.2 Å². The predicted molar refractivity (Wildman–Crippen MR) is 102 cm³/mol. The normalized spacial score (nSPS) is 21.5. The number of rotatable bonds is 4. The number of thiophene rings is 1. The Morgan fingerprint density at radius 2 is 2.12 bits per heavy atom. The van der Waals surface area contributed by atoms with E-state index in [9.17, 15) is 4.79 Å². The Morgan fingerprint density at radius 1 is 1.33 bits per heavy atom. The van der Waals surface area contributed by atoms with Crippen molar-refractivity contribution in [2.45, 2.75) is 50.1 Å². The number of aromatic nitrogens is 2. The maximum absolute atomic E-state index is 12.8. The summed E-state index contributed by atoms with van der Waals surface area (Å²) in [6, 6.07) is 0. The van der Waals surface area contributed by atoms with Gasteiger partial charge in [0.2, 0.25) is 0 Å². The zero-order valence-corrected chi connectivity index (χ0v) is 15.7. The highest BCUT2D eigenvalue weighted by Crippen LogP contribution is 2.40. The number of aryl methyl sites for hydroxylation is 1. The van der Waals surface area contributed by atoms with Gasteiger partial charge in [0.25, 0.3) is 5.56 Å².